The van der Waals surface area contributed by atoms with E-state index in [1.54, 1.807) is 6.07 Å². The van der Waals surface area contributed by atoms with E-state index in [-0.39, 0.29) is 12.4 Å². The number of carbonyl (C=O) groups is 2. The number of fused-ring (bicyclic) bond motifs is 1. The fourth-order valence-electron chi connectivity index (χ4n) is 3.44. The minimum absolute atomic E-state index is 0.233. The Balaban J connectivity index is 1.54. The summed E-state index contributed by atoms with van der Waals surface area (Å²) < 4.78 is 18.4. The van der Waals surface area contributed by atoms with Gasteiger partial charge in [0.1, 0.15) is 18.1 Å². The number of hydrogen-bond acceptors (Lipinski definition) is 6. The normalized spacial score (nSPS) is 12.7. The number of Topliss-reactive ketones (excluding diaryl/α,β-unsaturated/α-hetero) is 1. The van der Waals surface area contributed by atoms with Gasteiger partial charge in [0, 0.05) is 33.6 Å². The van der Waals surface area contributed by atoms with Crippen molar-refractivity contribution in [1.29, 1.82) is 0 Å². The quantitative estimate of drug-likeness (QED) is 0.463. The fraction of sp³-hybridized carbons (Fsp3) is 0.273. The third kappa shape index (κ3) is 3.78. The van der Waals surface area contributed by atoms with Crippen LogP contribution in [0, 0.1) is 20.8 Å². The molecule has 0 fully saturated rings. The van der Waals surface area contributed by atoms with Crippen LogP contribution in [0.3, 0.4) is 0 Å². The van der Waals surface area contributed by atoms with Gasteiger partial charge < -0.3 is 18.8 Å². The van der Waals surface area contributed by atoms with Crippen LogP contribution >= 0.6 is 11.3 Å². The van der Waals surface area contributed by atoms with Gasteiger partial charge in [0.05, 0.1) is 0 Å². The SMILES string of the molecule is Cc1ccc(C(=O)OCC(=O)c2cc(C)n(-c3ccc4c(c3)OCCO4)c2C)s1. The zero-order valence-electron chi connectivity index (χ0n) is 16.5. The Kier molecular flexibility index (Phi) is 5.15. The first-order valence-corrected chi connectivity index (χ1v) is 10.1. The van der Waals surface area contributed by atoms with Gasteiger partial charge in [-0.05, 0) is 51.1 Å². The second-order valence-corrected chi connectivity index (χ2v) is 8.15. The van der Waals surface area contributed by atoms with E-state index in [9.17, 15) is 9.59 Å². The number of aryl methyl sites for hydroxylation is 2. The molecule has 0 saturated heterocycles. The number of esters is 1. The van der Waals surface area contributed by atoms with E-state index in [4.69, 9.17) is 14.2 Å². The first-order chi connectivity index (χ1) is 13.9. The summed E-state index contributed by atoms with van der Waals surface area (Å²) in [7, 11) is 0. The molecule has 6 nitrogen and oxygen atoms in total. The molecule has 29 heavy (non-hydrogen) atoms. The van der Waals surface area contributed by atoms with E-state index in [0.717, 1.165) is 27.7 Å². The van der Waals surface area contributed by atoms with E-state index in [2.05, 4.69) is 0 Å². The van der Waals surface area contributed by atoms with Crippen molar-refractivity contribution in [2.24, 2.45) is 0 Å². The maximum atomic E-state index is 12.7. The molecular formula is C22H21NO5S. The molecule has 1 aliphatic rings. The van der Waals surface area contributed by atoms with Crippen molar-refractivity contribution in [2.45, 2.75) is 20.8 Å². The molecule has 4 rings (SSSR count). The average Bonchev–Trinajstić information content (AvgIpc) is 3.28. The van der Waals surface area contributed by atoms with Crippen molar-refractivity contribution in [3.8, 4) is 17.2 Å². The molecule has 7 heteroatoms. The third-order valence-electron chi connectivity index (χ3n) is 4.79. The Morgan fingerprint density at radius 3 is 2.52 bits per heavy atom. The summed E-state index contributed by atoms with van der Waals surface area (Å²) in [6.45, 7) is 6.48. The van der Waals surface area contributed by atoms with Gasteiger partial charge in [0.25, 0.3) is 0 Å². The highest BCUT2D eigenvalue weighted by molar-refractivity contribution is 7.13. The smallest absolute Gasteiger partial charge is 0.348 e. The van der Waals surface area contributed by atoms with Crippen molar-refractivity contribution in [1.82, 2.24) is 4.57 Å². The highest BCUT2D eigenvalue weighted by atomic mass is 32.1. The Labute approximate surface area is 172 Å². The van der Waals surface area contributed by atoms with Gasteiger partial charge in [-0.1, -0.05) is 0 Å². The molecule has 0 unspecified atom stereocenters. The van der Waals surface area contributed by atoms with Crippen LogP contribution in [-0.2, 0) is 4.74 Å². The summed E-state index contributed by atoms with van der Waals surface area (Å²) in [6, 6.07) is 11.1. The van der Waals surface area contributed by atoms with Crippen molar-refractivity contribution < 1.29 is 23.8 Å². The van der Waals surface area contributed by atoms with E-state index in [1.807, 2.05) is 55.7 Å². The number of carbonyl (C=O) groups excluding carboxylic acids is 2. The second kappa shape index (κ2) is 7.75. The van der Waals surface area contributed by atoms with Gasteiger partial charge in [-0.25, -0.2) is 4.79 Å². The number of ketones is 1. The summed E-state index contributed by atoms with van der Waals surface area (Å²) in [5, 5.41) is 0. The molecular weight excluding hydrogens is 390 g/mol. The summed E-state index contributed by atoms with van der Waals surface area (Å²) in [6.07, 6.45) is 0. The van der Waals surface area contributed by atoms with Gasteiger partial charge in [-0.15, -0.1) is 11.3 Å². The lowest BCUT2D eigenvalue weighted by Gasteiger charge is -2.20. The first-order valence-electron chi connectivity index (χ1n) is 9.30. The number of ether oxygens (including phenoxy) is 3. The Hall–Kier alpha value is -3.06. The Bertz CT molecular complexity index is 1090. The topological polar surface area (TPSA) is 66.8 Å². The highest BCUT2D eigenvalue weighted by Crippen LogP contribution is 2.33. The minimum Gasteiger partial charge on any atom is -0.486 e. The van der Waals surface area contributed by atoms with Gasteiger partial charge in [0.2, 0.25) is 5.78 Å². The molecule has 1 aromatic carbocycles. The van der Waals surface area contributed by atoms with Crippen LogP contribution in [0.4, 0.5) is 0 Å². The monoisotopic (exact) mass is 411 g/mol. The van der Waals surface area contributed by atoms with Crippen LogP contribution < -0.4 is 9.47 Å². The number of nitrogens with zero attached hydrogens (tertiary/aromatic N) is 1. The predicted octanol–water partition coefficient (Wildman–Crippen LogP) is 4.27. The minimum atomic E-state index is -0.475. The van der Waals surface area contributed by atoms with Crippen LogP contribution in [0.15, 0.2) is 36.4 Å². The maximum Gasteiger partial charge on any atom is 0.348 e. The molecule has 0 radical (unpaired) electrons. The first kappa shape index (κ1) is 19.3. The molecule has 0 saturated carbocycles. The van der Waals surface area contributed by atoms with Crippen molar-refractivity contribution >= 4 is 23.1 Å². The third-order valence-corrected chi connectivity index (χ3v) is 5.77. The molecule has 0 atom stereocenters. The lowest BCUT2D eigenvalue weighted by atomic mass is 10.1. The number of aromatic nitrogens is 1. The molecule has 0 spiro atoms. The van der Waals surface area contributed by atoms with E-state index < -0.39 is 5.97 Å². The molecule has 0 aliphatic carbocycles. The summed E-state index contributed by atoms with van der Waals surface area (Å²) in [4.78, 5) is 26.3. The molecule has 0 amide bonds. The van der Waals surface area contributed by atoms with E-state index in [0.29, 0.717) is 29.4 Å². The number of hydrogen-bond donors (Lipinski definition) is 0. The zero-order chi connectivity index (χ0) is 20.5. The number of rotatable bonds is 5. The van der Waals surface area contributed by atoms with Gasteiger partial charge in [-0.2, -0.15) is 0 Å². The number of thiophene rings is 1. The van der Waals surface area contributed by atoms with Crippen LogP contribution in [0.5, 0.6) is 11.5 Å². The summed E-state index contributed by atoms with van der Waals surface area (Å²) in [5.41, 5.74) is 3.11. The van der Waals surface area contributed by atoms with Crippen LogP contribution in [0.1, 0.15) is 36.3 Å². The zero-order valence-corrected chi connectivity index (χ0v) is 17.3. The van der Waals surface area contributed by atoms with E-state index in [1.165, 1.54) is 11.3 Å². The summed E-state index contributed by atoms with van der Waals surface area (Å²) >= 11 is 1.35. The van der Waals surface area contributed by atoms with Crippen LogP contribution in [0.25, 0.3) is 5.69 Å². The molecule has 3 heterocycles. The van der Waals surface area contributed by atoms with E-state index >= 15 is 0 Å². The lowest BCUT2D eigenvalue weighted by Crippen LogP contribution is -2.16. The fourth-order valence-corrected chi connectivity index (χ4v) is 4.20. The van der Waals surface area contributed by atoms with Crippen LogP contribution in [0.2, 0.25) is 0 Å². The lowest BCUT2D eigenvalue weighted by molar-refractivity contribution is 0.0479. The van der Waals surface area contributed by atoms with Crippen molar-refractivity contribution in [3.63, 3.8) is 0 Å². The van der Waals surface area contributed by atoms with Crippen molar-refractivity contribution in [2.75, 3.05) is 19.8 Å². The second-order valence-electron chi connectivity index (χ2n) is 6.86. The standard InChI is InChI=1S/C22H21NO5S/c1-13-10-17(18(24)12-28-22(25)21-7-4-14(2)29-21)15(3)23(13)16-5-6-19-20(11-16)27-9-8-26-19/h4-7,10-11H,8-9,12H2,1-3H3. The van der Waals surface area contributed by atoms with Gasteiger partial charge in [-0.3, -0.25) is 4.79 Å². The molecule has 150 valence electrons. The maximum absolute atomic E-state index is 12.7. The summed E-state index contributed by atoms with van der Waals surface area (Å²) in [5.74, 6) is 0.699. The Morgan fingerprint density at radius 1 is 1.03 bits per heavy atom. The molecule has 0 bridgehead atoms. The van der Waals surface area contributed by atoms with Gasteiger partial charge >= 0.3 is 5.97 Å². The molecule has 3 aromatic rings. The predicted molar refractivity (Wildman–Crippen MR) is 110 cm³/mol. The average molecular weight is 411 g/mol. The number of benzene rings is 1. The van der Waals surface area contributed by atoms with Crippen LogP contribution in [-0.4, -0.2) is 36.1 Å². The van der Waals surface area contributed by atoms with Crippen molar-refractivity contribution in [3.05, 3.63) is 63.1 Å². The highest BCUT2D eigenvalue weighted by Gasteiger charge is 2.20. The molecule has 2 aromatic heterocycles. The molecule has 0 N–H and O–H groups in total. The Morgan fingerprint density at radius 2 is 1.79 bits per heavy atom. The molecule has 1 aliphatic heterocycles. The van der Waals surface area contributed by atoms with Gasteiger partial charge in [0.15, 0.2) is 18.1 Å². The largest absolute Gasteiger partial charge is 0.486 e.